The van der Waals surface area contributed by atoms with E-state index in [0.29, 0.717) is 55.6 Å². The molecular weight excluding hydrogens is 849 g/mol. The van der Waals surface area contributed by atoms with E-state index in [0.717, 1.165) is 56.2 Å². The van der Waals surface area contributed by atoms with Gasteiger partial charge in [0.25, 0.3) is 0 Å². The Bertz CT molecular complexity index is 2450. The highest BCUT2D eigenvalue weighted by molar-refractivity contribution is 6.33. The summed E-state index contributed by atoms with van der Waals surface area (Å²) < 4.78 is 47.7. The summed E-state index contributed by atoms with van der Waals surface area (Å²) >= 11 is 6.45. The lowest BCUT2D eigenvalue weighted by molar-refractivity contribution is -0.176. The van der Waals surface area contributed by atoms with Crippen molar-refractivity contribution in [3.05, 3.63) is 106 Å². The fourth-order valence-corrected chi connectivity index (χ4v) is 16.9. The van der Waals surface area contributed by atoms with Crippen molar-refractivity contribution in [3.63, 3.8) is 0 Å². The van der Waals surface area contributed by atoms with Crippen molar-refractivity contribution in [2.45, 2.75) is 128 Å². The molecule has 10 aliphatic rings. The first-order valence-electron chi connectivity index (χ1n) is 24.3. The number of carbonyl (C=O) groups is 2. The standard InChI is InChI=1S/C54H62ClF3N2O5/c1-32(36-7-5-4-6-8-36)59-47(63)60(30-50-25-33-21-34(26-50)23-35(22-33)27-50)31-52(64)18-15-45-49(52,3)17-14-44-48(2)16-13-38(61)28-51(48)19-20-53(44,45)40(29-51)46(62)43-12-11-42(65-43)39-24-37(54(56,57)58)9-10-41(39)55/h4-12,19-20,24,29,32-35,38,44-45,61,64H,13-18,21-23,25-28,30-31H2,1-3H3,(H,59,63)/t32-,33?,34?,35?,38?,44-,45-,48-,49+,50?,51+,52-,53-/m1/s1. The van der Waals surface area contributed by atoms with Crippen LogP contribution in [-0.4, -0.2) is 51.7 Å². The Morgan fingerprint density at radius 1 is 0.862 bits per heavy atom. The normalized spacial score (nSPS) is 40.2. The molecule has 1 unspecified atom stereocenters. The van der Waals surface area contributed by atoms with Gasteiger partial charge in [0.2, 0.25) is 5.78 Å². The molecule has 7 saturated carbocycles. The summed E-state index contributed by atoms with van der Waals surface area (Å²) in [7, 11) is 0. The summed E-state index contributed by atoms with van der Waals surface area (Å²) in [6.45, 7) is 7.35. The van der Waals surface area contributed by atoms with Crippen LogP contribution in [0.4, 0.5) is 18.0 Å². The molecule has 65 heavy (non-hydrogen) atoms. The van der Waals surface area contributed by atoms with Gasteiger partial charge in [-0.25, -0.2) is 4.79 Å². The molecule has 0 aliphatic heterocycles. The van der Waals surface area contributed by atoms with Crippen molar-refractivity contribution in [1.82, 2.24) is 10.2 Å². The zero-order valence-electron chi connectivity index (χ0n) is 37.7. The molecule has 3 aromatic rings. The molecule has 1 heterocycles. The van der Waals surface area contributed by atoms with Gasteiger partial charge in [-0.2, -0.15) is 13.2 Å². The quantitative estimate of drug-likeness (QED) is 0.147. The molecule has 3 N–H and O–H groups in total. The fraction of sp³-hybridized carbons (Fsp3) is 0.593. The van der Waals surface area contributed by atoms with Crippen LogP contribution in [0.3, 0.4) is 0 Å². The van der Waals surface area contributed by atoms with Crippen LogP contribution in [0, 0.1) is 56.7 Å². The van der Waals surface area contributed by atoms with Gasteiger partial charge in [0.1, 0.15) is 5.76 Å². The first kappa shape index (κ1) is 43.7. The zero-order valence-corrected chi connectivity index (χ0v) is 38.5. The Hall–Kier alpha value is -3.86. The van der Waals surface area contributed by atoms with Crippen LogP contribution in [0.5, 0.6) is 0 Å². The SMILES string of the molecule is C[C@@H](NC(=O)N(CC12CC3CC(CC(C3)C1)C2)C[C@]1(O)CC[C@H]2[C@]34C=C[C@@]5(C=C3C(=O)c3ccc(-c6cc(C(F)(F)F)ccc6Cl)o3)CC(O)CC[C@]5(C)[C@H]4CC[C@@]21C)c1ccccc1. The molecule has 11 heteroatoms. The van der Waals surface area contributed by atoms with Crippen molar-refractivity contribution in [2.75, 3.05) is 13.1 Å². The van der Waals surface area contributed by atoms with E-state index in [2.05, 4.69) is 37.4 Å². The van der Waals surface area contributed by atoms with Gasteiger partial charge in [-0.1, -0.05) is 74.0 Å². The third-order valence-electron chi connectivity index (χ3n) is 19.4. The number of rotatable bonds is 9. The molecular formula is C54H62ClF3N2O5. The number of hydrogen-bond acceptors (Lipinski definition) is 5. The summed E-state index contributed by atoms with van der Waals surface area (Å²) in [6, 6.07) is 15.7. The number of carbonyl (C=O) groups excluding carboxylic acids is 2. The van der Waals surface area contributed by atoms with Crippen LogP contribution in [0.25, 0.3) is 11.3 Å². The largest absolute Gasteiger partial charge is 0.453 e. The van der Waals surface area contributed by atoms with Crippen LogP contribution in [0.15, 0.2) is 88.9 Å². The number of alkyl halides is 3. The maximum atomic E-state index is 15.3. The number of nitrogens with one attached hydrogen (secondary N) is 1. The van der Waals surface area contributed by atoms with Crippen molar-refractivity contribution in [1.29, 1.82) is 0 Å². The van der Waals surface area contributed by atoms with E-state index in [-0.39, 0.29) is 69.2 Å². The number of urea groups is 1. The van der Waals surface area contributed by atoms with Crippen LogP contribution in [0.1, 0.15) is 132 Å². The number of Topliss-reactive ketones (excluding diaryl/α,β-unsaturated/α-hetero) is 1. The highest BCUT2D eigenvalue weighted by Gasteiger charge is 2.75. The Morgan fingerprint density at radius 3 is 2.22 bits per heavy atom. The highest BCUT2D eigenvalue weighted by Crippen LogP contribution is 2.78. The monoisotopic (exact) mass is 910 g/mol. The molecule has 10 aliphatic carbocycles. The van der Waals surface area contributed by atoms with Crippen LogP contribution in [0.2, 0.25) is 5.02 Å². The summed E-state index contributed by atoms with van der Waals surface area (Å²) in [5.74, 6) is 1.68. The van der Waals surface area contributed by atoms with E-state index >= 15 is 4.79 Å². The van der Waals surface area contributed by atoms with Crippen LogP contribution < -0.4 is 5.32 Å². The van der Waals surface area contributed by atoms with Gasteiger partial charge in [0, 0.05) is 33.9 Å². The van der Waals surface area contributed by atoms with Gasteiger partial charge >= 0.3 is 12.2 Å². The number of aliphatic hydroxyl groups is 2. The van der Waals surface area contributed by atoms with Crippen molar-refractivity contribution >= 4 is 23.4 Å². The first-order valence-corrected chi connectivity index (χ1v) is 24.6. The van der Waals surface area contributed by atoms with E-state index in [9.17, 15) is 28.2 Å². The molecule has 0 saturated heterocycles. The molecule has 13 rings (SSSR count). The second-order valence-electron chi connectivity index (χ2n) is 22.9. The number of amides is 2. The van der Waals surface area contributed by atoms with Gasteiger partial charge in [0.05, 0.1) is 34.9 Å². The number of benzene rings is 2. The molecule has 346 valence electrons. The zero-order chi connectivity index (χ0) is 45.5. The minimum Gasteiger partial charge on any atom is -0.453 e. The number of aliphatic hydroxyl groups excluding tert-OH is 1. The Morgan fingerprint density at radius 2 is 1.52 bits per heavy atom. The third-order valence-corrected chi connectivity index (χ3v) is 19.7. The molecule has 0 radical (unpaired) electrons. The van der Waals surface area contributed by atoms with Crippen molar-refractivity contribution in [3.8, 4) is 11.3 Å². The van der Waals surface area contributed by atoms with Gasteiger partial charge in [-0.3, -0.25) is 4.79 Å². The Balaban J connectivity index is 0.959. The third kappa shape index (κ3) is 6.55. The number of nitrogens with zero attached hydrogens (tertiary/aromatic N) is 1. The Kier molecular flexibility index (Phi) is 9.96. The van der Waals surface area contributed by atoms with E-state index in [4.69, 9.17) is 16.0 Å². The average molecular weight is 912 g/mol. The minimum atomic E-state index is -4.60. The lowest BCUT2D eigenvalue weighted by Gasteiger charge is -2.71. The minimum absolute atomic E-state index is 0.00903. The number of furan rings is 1. The van der Waals surface area contributed by atoms with Crippen LogP contribution >= 0.6 is 11.6 Å². The summed E-state index contributed by atoms with van der Waals surface area (Å²) in [6.07, 6.45) is 13.2. The fourth-order valence-electron chi connectivity index (χ4n) is 16.7. The van der Waals surface area contributed by atoms with Gasteiger partial charge in [-0.15, -0.1) is 0 Å². The highest BCUT2D eigenvalue weighted by atomic mass is 35.5. The average Bonchev–Trinajstić information content (AvgIpc) is 3.85. The maximum Gasteiger partial charge on any atom is 0.416 e. The number of fused-ring (bicyclic) bond motifs is 1. The number of hydrogen-bond donors (Lipinski definition) is 3. The number of halogens is 4. The molecule has 1 aromatic heterocycles. The lowest BCUT2D eigenvalue weighted by atomic mass is 9.32. The maximum absolute atomic E-state index is 15.3. The summed E-state index contributed by atoms with van der Waals surface area (Å²) in [4.78, 5) is 32.2. The van der Waals surface area contributed by atoms with Crippen LogP contribution in [-0.2, 0) is 6.18 Å². The molecule has 2 amide bonds. The molecule has 7 nitrogen and oxygen atoms in total. The smallest absolute Gasteiger partial charge is 0.416 e. The predicted octanol–water partition coefficient (Wildman–Crippen LogP) is 12.4. The topological polar surface area (TPSA) is 103 Å². The molecule has 6 bridgehead atoms. The first-order chi connectivity index (χ1) is 30.8. The lowest BCUT2D eigenvalue weighted by Crippen LogP contribution is -2.67. The van der Waals surface area contributed by atoms with Gasteiger partial charge < -0.3 is 24.8 Å². The number of allylic oxidation sites excluding steroid dienone is 4. The van der Waals surface area contributed by atoms with E-state index < -0.39 is 39.7 Å². The molecule has 7 fully saturated rings. The molecule has 9 atom stereocenters. The van der Waals surface area contributed by atoms with Gasteiger partial charge in [-0.05, 0) is 167 Å². The predicted molar refractivity (Wildman–Crippen MR) is 243 cm³/mol. The molecule has 2 aromatic carbocycles. The summed E-state index contributed by atoms with van der Waals surface area (Å²) in [5, 5.41) is 28.2. The van der Waals surface area contributed by atoms with E-state index in [1.54, 1.807) is 0 Å². The van der Waals surface area contributed by atoms with E-state index in [1.807, 2.05) is 42.2 Å². The second kappa shape index (κ2) is 14.8. The second-order valence-corrected chi connectivity index (χ2v) is 23.3. The Labute approximate surface area is 385 Å². The van der Waals surface area contributed by atoms with Crippen molar-refractivity contribution in [2.24, 2.45) is 56.7 Å². The van der Waals surface area contributed by atoms with Gasteiger partial charge in [0.15, 0.2) is 5.76 Å². The van der Waals surface area contributed by atoms with Crippen molar-refractivity contribution < 1.29 is 37.4 Å². The molecule has 2 spiro atoms. The summed E-state index contributed by atoms with van der Waals surface area (Å²) in [5.41, 5.74) is -2.81. The number of ketones is 1. The van der Waals surface area contributed by atoms with E-state index in [1.165, 1.54) is 37.5 Å².